The van der Waals surface area contributed by atoms with Gasteiger partial charge in [-0.15, -0.1) is 11.3 Å². The topological polar surface area (TPSA) is 80.8 Å². The molecule has 2 aromatic carbocycles. The molecule has 1 saturated heterocycles. The van der Waals surface area contributed by atoms with Crippen molar-refractivity contribution in [3.8, 4) is 22.8 Å². The first-order valence-electron chi connectivity index (χ1n) is 9.75. The summed E-state index contributed by atoms with van der Waals surface area (Å²) in [6, 6.07) is 12.8. The average molecular weight is 421 g/mol. The SMILES string of the molecule is O=C(Nc1nc(-c2ccc3c(c2)OCCO3)cs1)c1cccc(N2CCCC2=O)c1. The number of nitrogens with zero attached hydrogens (tertiary/aromatic N) is 2. The van der Waals surface area contributed by atoms with Gasteiger partial charge in [0.2, 0.25) is 5.91 Å². The number of fused-ring (bicyclic) bond motifs is 1. The second-order valence-electron chi connectivity index (χ2n) is 7.05. The van der Waals surface area contributed by atoms with Gasteiger partial charge in [0, 0.05) is 35.2 Å². The lowest BCUT2D eigenvalue weighted by Crippen LogP contribution is -2.24. The molecule has 3 aromatic rings. The Morgan fingerprint density at radius 2 is 1.97 bits per heavy atom. The molecule has 2 aliphatic rings. The largest absolute Gasteiger partial charge is 0.486 e. The van der Waals surface area contributed by atoms with Crippen LogP contribution in [-0.2, 0) is 4.79 Å². The van der Waals surface area contributed by atoms with Gasteiger partial charge in [-0.25, -0.2) is 4.98 Å². The maximum atomic E-state index is 12.7. The van der Waals surface area contributed by atoms with Gasteiger partial charge in [0.05, 0.1) is 5.69 Å². The number of hydrogen-bond donors (Lipinski definition) is 1. The van der Waals surface area contributed by atoms with Crippen LogP contribution < -0.4 is 19.7 Å². The third kappa shape index (κ3) is 3.61. The number of rotatable bonds is 4. The first-order valence-corrected chi connectivity index (χ1v) is 10.6. The third-order valence-electron chi connectivity index (χ3n) is 5.06. The molecular formula is C22H19N3O4S. The lowest BCUT2D eigenvalue weighted by Gasteiger charge is -2.18. The van der Waals surface area contributed by atoms with Gasteiger partial charge in [-0.05, 0) is 42.8 Å². The summed E-state index contributed by atoms with van der Waals surface area (Å²) in [5.74, 6) is 1.26. The summed E-state index contributed by atoms with van der Waals surface area (Å²) in [6.07, 6.45) is 1.40. The Balaban J connectivity index is 1.32. The number of amides is 2. The molecule has 0 atom stereocenters. The summed E-state index contributed by atoms with van der Waals surface area (Å²) in [5.41, 5.74) is 2.89. The lowest BCUT2D eigenvalue weighted by atomic mass is 10.1. The molecule has 0 radical (unpaired) electrons. The number of benzene rings is 2. The van der Waals surface area contributed by atoms with E-state index in [2.05, 4.69) is 10.3 Å². The van der Waals surface area contributed by atoms with Crippen molar-refractivity contribution in [2.45, 2.75) is 12.8 Å². The van der Waals surface area contributed by atoms with Crippen molar-refractivity contribution < 1.29 is 19.1 Å². The van der Waals surface area contributed by atoms with Crippen molar-refractivity contribution in [3.05, 3.63) is 53.4 Å². The normalized spacial score (nSPS) is 15.3. The highest BCUT2D eigenvalue weighted by Gasteiger charge is 2.22. The zero-order valence-electron chi connectivity index (χ0n) is 16.1. The van der Waals surface area contributed by atoms with E-state index < -0.39 is 0 Å². The Morgan fingerprint density at radius 1 is 1.10 bits per heavy atom. The van der Waals surface area contributed by atoms with E-state index in [1.165, 1.54) is 11.3 Å². The number of carbonyl (C=O) groups excluding carboxylic acids is 2. The molecule has 1 aromatic heterocycles. The minimum atomic E-state index is -0.258. The van der Waals surface area contributed by atoms with Crippen molar-refractivity contribution in [2.75, 3.05) is 30.0 Å². The van der Waals surface area contributed by atoms with Crippen LogP contribution in [0.5, 0.6) is 11.5 Å². The van der Waals surface area contributed by atoms with E-state index in [9.17, 15) is 9.59 Å². The molecule has 8 heteroatoms. The van der Waals surface area contributed by atoms with E-state index >= 15 is 0 Å². The fourth-order valence-corrected chi connectivity index (χ4v) is 4.29. The van der Waals surface area contributed by atoms with Gasteiger partial charge in [0.25, 0.3) is 5.91 Å². The summed E-state index contributed by atoms with van der Waals surface area (Å²) < 4.78 is 11.2. The Labute approximate surface area is 177 Å². The van der Waals surface area contributed by atoms with Crippen molar-refractivity contribution >= 4 is 34.0 Å². The number of ether oxygens (including phenoxy) is 2. The van der Waals surface area contributed by atoms with Gasteiger partial charge < -0.3 is 14.4 Å². The minimum absolute atomic E-state index is 0.0940. The number of carbonyl (C=O) groups is 2. The fourth-order valence-electron chi connectivity index (χ4n) is 3.57. The van der Waals surface area contributed by atoms with Crippen molar-refractivity contribution in [1.29, 1.82) is 0 Å². The maximum absolute atomic E-state index is 12.7. The Kier molecular flexibility index (Phi) is 4.84. The number of anilines is 2. The second kappa shape index (κ2) is 7.79. The Hall–Kier alpha value is -3.39. The molecule has 0 unspecified atom stereocenters. The maximum Gasteiger partial charge on any atom is 0.257 e. The molecule has 0 spiro atoms. The first-order chi connectivity index (χ1) is 14.7. The highest BCUT2D eigenvalue weighted by molar-refractivity contribution is 7.14. The quantitative estimate of drug-likeness (QED) is 0.690. The van der Waals surface area contributed by atoms with Crippen LogP contribution in [-0.4, -0.2) is 36.6 Å². The van der Waals surface area contributed by atoms with Crippen LogP contribution in [0.2, 0.25) is 0 Å². The smallest absolute Gasteiger partial charge is 0.257 e. The summed E-state index contributed by atoms with van der Waals surface area (Å²) in [6.45, 7) is 1.76. The molecule has 2 aliphatic heterocycles. The van der Waals surface area contributed by atoms with E-state index in [0.717, 1.165) is 29.1 Å². The van der Waals surface area contributed by atoms with E-state index in [-0.39, 0.29) is 11.8 Å². The van der Waals surface area contributed by atoms with Crippen LogP contribution in [0.4, 0.5) is 10.8 Å². The monoisotopic (exact) mass is 421 g/mol. The standard InChI is InChI=1S/C22H19N3O4S/c26-20-5-2-8-25(20)16-4-1-3-15(11-16)21(27)24-22-23-17(13-30-22)14-6-7-18-19(12-14)29-10-9-28-18/h1,3-4,6-7,11-13H,2,5,8-10H2,(H,23,24,27). The van der Waals surface area contributed by atoms with E-state index in [1.54, 1.807) is 23.1 Å². The van der Waals surface area contributed by atoms with Crippen LogP contribution in [0.3, 0.4) is 0 Å². The van der Waals surface area contributed by atoms with Crippen molar-refractivity contribution in [2.24, 2.45) is 0 Å². The molecule has 0 aliphatic carbocycles. The minimum Gasteiger partial charge on any atom is -0.486 e. The summed E-state index contributed by atoms with van der Waals surface area (Å²) in [4.78, 5) is 30.9. The molecule has 0 saturated carbocycles. The molecule has 152 valence electrons. The Morgan fingerprint density at radius 3 is 2.80 bits per heavy atom. The van der Waals surface area contributed by atoms with Crippen LogP contribution in [0.1, 0.15) is 23.2 Å². The average Bonchev–Trinajstić information content (AvgIpc) is 3.42. The zero-order valence-corrected chi connectivity index (χ0v) is 16.9. The van der Waals surface area contributed by atoms with Gasteiger partial charge in [-0.1, -0.05) is 6.07 Å². The molecule has 2 amide bonds. The van der Waals surface area contributed by atoms with E-state index in [1.807, 2.05) is 29.6 Å². The van der Waals surface area contributed by atoms with Crippen LogP contribution in [0.15, 0.2) is 47.8 Å². The van der Waals surface area contributed by atoms with Gasteiger partial charge in [-0.3, -0.25) is 14.9 Å². The summed E-state index contributed by atoms with van der Waals surface area (Å²) in [7, 11) is 0. The third-order valence-corrected chi connectivity index (χ3v) is 5.81. The van der Waals surface area contributed by atoms with Crippen molar-refractivity contribution in [1.82, 2.24) is 4.98 Å². The van der Waals surface area contributed by atoms with Crippen LogP contribution in [0, 0.1) is 0 Å². The fraction of sp³-hybridized carbons (Fsp3) is 0.227. The van der Waals surface area contributed by atoms with Gasteiger partial charge in [0.1, 0.15) is 13.2 Å². The number of hydrogen-bond acceptors (Lipinski definition) is 6. The van der Waals surface area contributed by atoms with Gasteiger partial charge in [-0.2, -0.15) is 0 Å². The molecule has 1 fully saturated rings. The molecule has 30 heavy (non-hydrogen) atoms. The van der Waals surface area contributed by atoms with Crippen LogP contribution in [0.25, 0.3) is 11.3 Å². The highest BCUT2D eigenvalue weighted by Crippen LogP contribution is 2.35. The number of aromatic nitrogens is 1. The first kappa shape index (κ1) is 18.6. The zero-order chi connectivity index (χ0) is 20.5. The summed E-state index contributed by atoms with van der Waals surface area (Å²) in [5, 5.41) is 5.25. The molecule has 7 nitrogen and oxygen atoms in total. The second-order valence-corrected chi connectivity index (χ2v) is 7.91. The van der Waals surface area contributed by atoms with Gasteiger partial charge >= 0.3 is 0 Å². The van der Waals surface area contributed by atoms with Crippen molar-refractivity contribution in [3.63, 3.8) is 0 Å². The molecule has 1 N–H and O–H groups in total. The predicted molar refractivity (Wildman–Crippen MR) is 115 cm³/mol. The van der Waals surface area contributed by atoms with Crippen LogP contribution >= 0.6 is 11.3 Å². The molecular weight excluding hydrogens is 402 g/mol. The highest BCUT2D eigenvalue weighted by atomic mass is 32.1. The Bertz CT molecular complexity index is 1130. The van der Waals surface area contributed by atoms with E-state index in [4.69, 9.17) is 9.47 Å². The summed E-state index contributed by atoms with van der Waals surface area (Å²) >= 11 is 1.36. The molecule has 5 rings (SSSR count). The number of thiazole rings is 1. The van der Waals surface area contributed by atoms with Gasteiger partial charge in [0.15, 0.2) is 16.6 Å². The van der Waals surface area contributed by atoms with E-state index in [0.29, 0.717) is 42.6 Å². The predicted octanol–water partition coefficient (Wildman–Crippen LogP) is 3.96. The lowest BCUT2D eigenvalue weighted by molar-refractivity contribution is -0.117. The molecule has 0 bridgehead atoms. The molecule has 3 heterocycles. The number of nitrogens with one attached hydrogen (secondary N) is 1.